The second-order valence-corrected chi connectivity index (χ2v) is 5.51. The van der Waals surface area contributed by atoms with Crippen LogP contribution in [-0.4, -0.2) is 25.1 Å². The molecule has 7 heteroatoms. The van der Waals surface area contributed by atoms with Gasteiger partial charge >= 0.3 is 6.03 Å². The van der Waals surface area contributed by atoms with Crippen LogP contribution in [0.3, 0.4) is 0 Å². The molecule has 140 valence electrons. The Kier molecular flexibility index (Phi) is 7.67. The summed E-state index contributed by atoms with van der Waals surface area (Å²) >= 11 is 0. The van der Waals surface area contributed by atoms with E-state index >= 15 is 0 Å². The summed E-state index contributed by atoms with van der Waals surface area (Å²) in [7, 11) is 0. The fraction of sp³-hybridized carbons (Fsp3) is 0.200. The van der Waals surface area contributed by atoms with Gasteiger partial charge in [0.05, 0.1) is 6.54 Å². The summed E-state index contributed by atoms with van der Waals surface area (Å²) in [6.45, 7) is 2.06. The molecule has 3 amide bonds. The lowest BCUT2D eigenvalue weighted by Crippen LogP contribution is -2.35. The number of anilines is 1. The Labute approximate surface area is 157 Å². The number of halogens is 1. The minimum atomic E-state index is -0.363. The predicted octanol–water partition coefficient (Wildman–Crippen LogP) is 2.67. The van der Waals surface area contributed by atoms with Crippen LogP contribution in [0.4, 0.5) is 14.9 Å². The van der Waals surface area contributed by atoms with Crippen LogP contribution < -0.4 is 20.7 Å². The van der Waals surface area contributed by atoms with E-state index in [2.05, 4.69) is 27.8 Å². The van der Waals surface area contributed by atoms with Crippen molar-refractivity contribution in [3.63, 3.8) is 0 Å². The maximum atomic E-state index is 12.8. The molecule has 0 atom stereocenters. The maximum Gasteiger partial charge on any atom is 0.315 e. The summed E-state index contributed by atoms with van der Waals surface area (Å²) in [5.41, 5.74) is 1.44. The van der Waals surface area contributed by atoms with E-state index in [1.54, 1.807) is 36.4 Å². The van der Waals surface area contributed by atoms with E-state index < -0.39 is 0 Å². The summed E-state index contributed by atoms with van der Waals surface area (Å²) < 4.78 is 18.3. The van der Waals surface area contributed by atoms with Gasteiger partial charge in [-0.3, -0.25) is 4.79 Å². The average Bonchev–Trinajstić information content (AvgIpc) is 2.64. The van der Waals surface area contributed by atoms with Gasteiger partial charge in [-0.15, -0.1) is 0 Å². The number of hydrogen-bond acceptors (Lipinski definition) is 3. The second kappa shape index (κ2) is 10.5. The zero-order valence-electron chi connectivity index (χ0n) is 14.8. The van der Waals surface area contributed by atoms with Crippen molar-refractivity contribution in [2.24, 2.45) is 0 Å². The molecular weight excluding hydrogens is 349 g/mol. The first-order valence-electron chi connectivity index (χ1n) is 8.25. The van der Waals surface area contributed by atoms with Gasteiger partial charge in [-0.05, 0) is 29.8 Å². The average molecular weight is 369 g/mol. The first-order valence-corrected chi connectivity index (χ1v) is 8.25. The van der Waals surface area contributed by atoms with E-state index in [9.17, 15) is 14.0 Å². The molecule has 0 fully saturated rings. The van der Waals surface area contributed by atoms with E-state index in [0.29, 0.717) is 18.0 Å². The fourth-order valence-electron chi connectivity index (χ4n) is 2.07. The number of nitrogens with one attached hydrogen (secondary N) is 3. The Balaban J connectivity index is 1.65. The quantitative estimate of drug-likeness (QED) is 0.685. The topological polar surface area (TPSA) is 79.5 Å². The van der Waals surface area contributed by atoms with Crippen LogP contribution in [0, 0.1) is 17.7 Å². The van der Waals surface area contributed by atoms with Gasteiger partial charge in [0.15, 0.2) is 0 Å². The molecule has 0 spiro atoms. The van der Waals surface area contributed by atoms with Gasteiger partial charge in [0.1, 0.15) is 18.2 Å². The van der Waals surface area contributed by atoms with Crippen molar-refractivity contribution in [3.05, 3.63) is 59.9 Å². The van der Waals surface area contributed by atoms with Crippen molar-refractivity contribution in [2.45, 2.75) is 13.5 Å². The SMILES string of the molecule is CC(=O)Nc1cccc(OCC#CCNC(=O)NCc2ccc(F)cc2)c1. The van der Waals surface area contributed by atoms with Gasteiger partial charge in [-0.1, -0.05) is 30.0 Å². The summed E-state index contributed by atoms with van der Waals surface area (Å²) in [5.74, 6) is 5.67. The smallest absolute Gasteiger partial charge is 0.315 e. The molecule has 6 nitrogen and oxygen atoms in total. The van der Waals surface area contributed by atoms with Gasteiger partial charge in [-0.2, -0.15) is 0 Å². The van der Waals surface area contributed by atoms with E-state index in [0.717, 1.165) is 5.56 Å². The standard InChI is InChI=1S/C20H20FN3O3/c1-15(25)24-18-5-4-6-19(13-18)27-12-3-2-11-22-20(26)23-14-16-7-9-17(21)10-8-16/h4-10,13H,11-12,14H2,1H3,(H,24,25)(H2,22,23,26). The Morgan fingerprint density at radius 3 is 2.59 bits per heavy atom. The van der Waals surface area contributed by atoms with Crippen molar-refractivity contribution in [1.82, 2.24) is 10.6 Å². The summed E-state index contributed by atoms with van der Waals surface area (Å²) in [6, 6.07) is 12.5. The van der Waals surface area contributed by atoms with Gasteiger partial charge in [-0.25, -0.2) is 9.18 Å². The van der Waals surface area contributed by atoms with E-state index in [1.807, 2.05) is 0 Å². The lowest BCUT2D eigenvalue weighted by atomic mass is 10.2. The number of benzene rings is 2. The molecule has 0 unspecified atom stereocenters. The highest BCUT2D eigenvalue weighted by molar-refractivity contribution is 5.88. The summed E-state index contributed by atoms with van der Waals surface area (Å²) in [6.07, 6.45) is 0. The number of hydrogen-bond donors (Lipinski definition) is 3. The molecule has 0 radical (unpaired) electrons. The van der Waals surface area contributed by atoms with Crippen LogP contribution in [-0.2, 0) is 11.3 Å². The Hall–Kier alpha value is -3.53. The Bertz CT molecular complexity index is 842. The number of rotatable bonds is 6. The van der Waals surface area contributed by atoms with Gasteiger partial charge in [0, 0.05) is 25.2 Å². The summed E-state index contributed by atoms with van der Waals surface area (Å²) in [4.78, 5) is 22.7. The molecule has 0 aliphatic rings. The van der Waals surface area contributed by atoms with E-state index in [4.69, 9.17) is 4.74 Å². The first-order chi connectivity index (χ1) is 13.0. The van der Waals surface area contributed by atoms with Crippen LogP contribution in [0.2, 0.25) is 0 Å². The van der Waals surface area contributed by atoms with E-state index in [-0.39, 0.29) is 30.9 Å². The Morgan fingerprint density at radius 2 is 1.85 bits per heavy atom. The second-order valence-electron chi connectivity index (χ2n) is 5.51. The molecule has 0 aliphatic heterocycles. The van der Waals surface area contributed by atoms with Crippen LogP contribution in [0.25, 0.3) is 0 Å². The molecular formula is C20H20FN3O3. The van der Waals surface area contributed by atoms with Crippen molar-refractivity contribution < 1.29 is 18.7 Å². The number of amides is 3. The number of urea groups is 1. The minimum absolute atomic E-state index is 0.155. The third kappa shape index (κ3) is 7.92. The van der Waals surface area contributed by atoms with Crippen LogP contribution in [0.1, 0.15) is 12.5 Å². The maximum absolute atomic E-state index is 12.8. The largest absolute Gasteiger partial charge is 0.481 e. The molecule has 3 N–H and O–H groups in total. The predicted molar refractivity (Wildman–Crippen MR) is 101 cm³/mol. The molecule has 0 saturated heterocycles. The first kappa shape index (κ1) is 19.8. The van der Waals surface area contributed by atoms with Gasteiger partial charge in [0.2, 0.25) is 5.91 Å². The van der Waals surface area contributed by atoms with Crippen molar-refractivity contribution >= 4 is 17.6 Å². The minimum Gasteiger partial charge on any atom is -0.481 e. The lowest BCUT2D eigenvalue weighted by molar-refractivity contribution is -0.114. The van der Waals surface area contributed by atoms with Crippen molar-refractivity contribution in [1.29, 1.82) is 0 Å². The molecule has 2 aromatic carbocycles. The lowest BCUT2D eigenvalue weighted by Gasteiger charge is -2.06. The molecule has 0 heterocycles. The zero-order valence-corrected chi connectivity index (χ0v) is 14.8. The van der Waals surface area contributed by atoms with E-state index in [1.165, 1.54) is 19.1 Å². The van der Waals surface area contributed by atoms with Crippen LogP contribution >= 0.6 is 0 Å². The highest BCUT2D eigenvalue weighted by Crippen LogP contribution is 2.16. The number of carbonyl (C=O) groups excluding carboxylic acids is 2. The molecule has 0 saturated carbocycles. The van der Waals surface area contributed by atoms with Crippen LogP contribution in [0.15, 0.2) is 48.5 Å². The molecule has 0 aliphatic carbocycles. The number of ether oxygens (including phenoxy) is 1. The zero-order chi connectivity index (χ0) is 19.5. The molecule has 0 aromatic heterocycles. The number of carbonyl (C=O) groups is 2. The third-order valence-corrected chi connectivity index (χ3v) is 3.29. The Morgan fingerprint density at radius 1 is 1.07 bits per heavy atom. The van der Waals surface area contributed by atoms with Crippen molar-refractivity contribution in [3.8, 4) is 17.6 Å². The monoisotopic (exact) mass is 369 g/mol. The fourth-order valence-corrected chi connectivity index (χ4v) is 2.07. The molecule has 0 bridgehead atoms. The summed E-state index contributed by atoms with van der Waals surface area (Å²) in [5, 5.41) is 7.91. The molecule has 27 heavy (non-hydrogen) atoms. The van der Waals surface area contributed by atoms with Gasteiger partial charge in [0.25, 0.3) is 0 Å². The normalized spacial score (nSPS) is 9.56. The highest BCUT2D eigenvalue weighted by Gasteiger charge is 1.99. The molecule has 2 aromatic rings. The van der Waals surface area contributed by atoms with Gasteiger partial charge < -0.3 is 20.7 Å². The third-order valence-electron chi connectivity index (χ3n) is 3.29. The van der Waals surface area contributed by atoms with Crippen molar-refractivity contribution in [2.75, 3.05) is 18.5 Å². The highest BCUT2D eigenvalue weighted by atomic mass is 19.1. The molecule has 2 rings (SSSR count). The van der Waals surface area contributed by atoms with Crippen LogP contribution in [0.5, 0.6) is 5.75 Å².